The van der Waals surface area contributed by atoms with Crippen LogP contribution in [0.5, 0.6) is 0 Å². The van der Waals surface area contributed by atoms with Crippen molar-refractivity contribution in [1.29, 1.82) is 5.41 Å². The molecule has 0 radical (unpaired) electrons. The van der Waals surface area contributed by atoms with Gasteiger partial charge in [-0.15, -0.1) is 0 Å². The third-order valence-electron chi connectivity index (χ3n) is 1.61. The van der Waals surface area contributed by atoms with Crippen molar-refractivity contribution in [2.24, 2.45) is 0 Å². The number of hydrogen-bond donors (Lipinski definition) is 2. The highest BCUT2D eigenvalue weighted by Gasteiger charge is 1.97. The Morgan fingerprint density at radius 1 is 1.33 bits per heavy atom. The van der Waals surface area contributed by atoms with Crippen molar-refractivity contribution < 1.29 is 4.79 Å². The summed E-state index contributed by atoms with van der Waals surface area (Å²) in [5.41, 5.74) is 0. The van der Waals surface area contributed by atoms with Crippen LogP contribution >= 0.6 is 0 Å². The molecule has 0 heterocycles. The van der Waals surface area contributed by atoms with Crippen LogP contribution in [-0.4, -0.2) is 11.7 Å². The lowest BCUT2D eigenvalue weighted by molar-refractivity contribution is -0.117. The number of carbonyl (C=O) groups is 1. The highest BCUT2D eigenvalue weighted by Crippen LogP contribution is 2.01. The molecule has 0 bridgehead atoms. The van der Waals surface area contributed by atoms with E-state index in [0.717, 1.165) is 12.8 Å². The largest absolute Gasteiger partial charge is 0.315 e. The van der Waals surface area contributed by atoms with E-state index in [4.69, 9.17) is 5.41 Å². The minimum atomic E-state index is -0.143. The molecule has 2 N–H and O–H groups in total. The van der Waals surface area contributed by atoms with Crippen molar-refractivity contribution in [3.63, 3.8) is 0 Å². The zero-order valence-electron chi connectivity index (χ0n) is 7.94. The zero-order chi connectivity index (χ0) is 9.40. The van der Waals surface area contributed by atoms with Gasteiger partial charge in [0.25, 0.3) is 0 Å². The van der Waals surface area contributed by atoms with Gasteiger partial charge in [-0.05, 0) is 6.42 Å². The SMILES string of the molecule is CCCCCCC(=N)NC(C)=O. The molecule has 3 nitrogen and oxygen atoms in total. The molecule has 0 unspecified atom stereocenters. The molecule has 0 aliphatic rings. The van der Waals surface area contributed by atoms with Crippen LogP contribution in [0.2, 0.25) is 0 Å². The summed E-state index contributed by atoms with van der Waals surface area (Å²) in [7, 11) is 0. The van der Waals surface area contributed by atoms with E-state index < -0.39 is 0 Å². The van der Waals surface area contributed by atoms with Crippen LogP contribution in [0.25, 0.3) is 0 Å². The Labute approximate surface area is 74.1 Å². The molecule has 0 aliphatic heterocycles. The molecule has 0 saturated heterocycles. The summed E-state index contributed by atoms with van der Waals surface area (Å²) in [5, 5.41) is 9.79. The van der Waals surface area contributed by atoms with Gasteiger partial charge in [-0.25, -0.2) is 0 Å². The topological polar surface area (TPSA) is 53.0 Å². The van der Waals surface area contributed by atoms with Crippen LogP contribution in [-0.2, 0) is 4.79 Å². The molecule has 70 valence electrons. The van der Waals surface area contributed by atoms with E-state index in [0.29, 0.717) is 12.3 Å². The monoisotopic (exact) mass is 170 g/mol. The molecule has 0 rings (SSSR count). The fraction of sp³-hybridized carbons (Fsp3) is 0.778. The van der Waals surface area contributed by atoms with Crippen LogP contribution in [0.3, 0.4) is 0 Å². The second-order valence-corrected chi connectivity index (χ2v) is 2.97. The predicted molar refractivity (Wildman–Crippen MR) is 50.3 cm³/mol. The number of nitrogens with one attached hydrogen (secondary N) is 2. The normalized spacial score (nSPS) is 9.50. The summed E-state index contributed by atoms with van der Waals surface area (Å²) in [5.74, 6) is 0.203. The molecule has 3 heteroatoms. The Balaban J connectivity index is 3.26. The summed E-state index contributed by atoms with van der Waals surface area (Å²) in [4.78, 5) is 10.5. The van der Waals surface area contributed by atoms with Gasteiger partial charge in [-0.1, -0.05) is 26.2 Å². The number of carbonyl (C=O) groups excluding carboxylic acids is 1. The molecule has 0 aromatic rings. The average Bonchev–Trinajstić information content (AvgIpc) is 1.97. The lowest BCUT2D eigenvalue weighted by Crippen LogP contribution is -2.26. The molecule has 0 fully saturated rings. The van der Waals surface area contributed by atoms with Crippen LogP contribution in [0, 0.1) is 5.41 Å². The first-order valence-corrected chi connectivity index (χ1v) is 4.51. The van der Waals surface area contributed by atoms with Crippen molar-refractivity contribution in [3.05, 3.63) is 0 Å². The molecule has 0 aliphatic carbocycles. The average molecular weight is 170 g/mol. The minimum Gasteiger partial charge on any atom is -0.315 e. The Kier molecular flexibility index (Phi) is 6.34. The molecule has 12 heavy (non-hydrogen) atoms. The van der Waals surface area contributed by atoms with E-state index in [2.05, 4.69) is 12.2 Å². The van der Waals surface area contributed by atoms with Gasteiger partial charge in [-0.2, -0.15) is 0 Å². The third kappa shape index (κ3) is 7.25. The number of rotatable bonds is 5. The van der Waals surface area contributed by atoms with Gasteiger partial charge in [0.05, 0.1) is 5.84 Å². The van der Waals surface area contributed by atoms with Crippen molar-refractivity contribution in [3.8, 4) is 0 Å². The van der Waals surface area contributed by atoms with Gasteiger partial charge in [0, 0.05) is 13.3 Å². The highest BCUT2D eigenvalue weighted by molar-refractivity contribution is 5.95. The molecule has 1 amide bonds. The van der Waals surface area contributed by atoms with Crippen molar-refractivity contribution in [2.45, 2.75) is 46.0 Å². The summed E-state index contributed by atoms with van der Waals surface area (Å²) < 4.78 is 0. The highest BCUT2D eigenvalue weighted by atomic mass is 16.1. The maximum Gasteiger partial charge on any atom is 0.222 e. The van der Waals surface area contributed by atoms with Crippen molar-refractivity contribution >= 4 is 11.7 Å². The van der Waals surface area contributed by atoms with Crippen LogP contribution in [0.4, 0.5) is 0 Å². The molecular formula is C9H18N2O. The first-order valence-electron chi connectivity index (χ1n) is 4.51. The third-order valence-corrected chi connectivity index (χ3v) is 1.61. The summed E-state index contributed by atoms with van der Waals surface area (Å²) in [6.07, 6.45) is 5.27. The van der Waals surface area contributed by atoms with Crippen LogP contribution in [0.15, 0.2) is 0 Å². The summed E-state index contributed by atoms with van der Waals surface area (Å²) in [6, 6.07) is 0. The Hall–Kier alpha value is -0.860. The lowest BCUT2D eigenvalue weighted by atomic mass is 10.1. The zero-order valence-corrected chi connectivity index (χ0v) is 7.94. The maximum absolute atomic E-state index is 10.5. The van der Waals surface area contributed by atoms with Gasteiger partial charge >= 0.3 is 0 Å². The van der Waals surface area contributed by atoms with Gasteiger partial charge in [0.2, 0.25) is 5.91 Å². The Morgan fingerprint density at radius 3 is 2.50 bits per heavy atom. The van der Waals surface area contributed by atoms with Crippen LogP contribution < -0.4 is 5.32 Å². The van der Waals surface area contributed by atoms with Crippen molar-refractivity contribution in [2.75, 3.05) is 0 Å². The minimum absolute atomic E-state index is 0.143. The van der Waals surface area contributed by atoms with Gasteiger partial charge in [0.15, 0.2) is 0 Å². The van der Waals surface area contributed by atoms with Gasteiger partial charge < -0.3 is 5.32 Å². The standard InChI is InChI=1S/C9H18N2O/c1-3-4-5-6-7-9(10)11-8(2)12/h3-7H2,1-2H3,(H2,10,11,12). The molecular weight excluding hydrogens is 152 g/mol. The summed E-state index contributed by atoms with van der Waals surface area (Å²) in [6.45, 7) is 3.58. The second-order valence-electron chi connectivity index (χ2n) is 2.97. The molecule has 0 atom stereocenters. The van der Waals surface area contributed by atoms with Gasteiger partial charge in [-0.3, -0.25) is 10.2 Å². The number of amidine groups is 1. The fourth-order valence-corrected chi connectivity index (χ4v) is 1.00. The molecule has 0 aromatic heterocycles. The number of hydrogen-bond acceptors (Lipinski definition) is 2. The first kappa shape index (κ1) is 11.1. The van der Waals surface area contributed by atoms with Crippen LogP contribution in [0.1, 0.15) is 46.0 Å². The van der Waals surface area contributed by atoms with E-state index in [9.17, 15) is 4.79 Å². The molecule has 0 aromatic carbocycles. The van der Waals surface area contributed by atoms with E-state index in [1.165, 1.54) is 19.8 Å². The summed E-state index contributed by atoms with van der Waals surface area (Å²) >= 11 is 0. The Morgan fingerprint density at radius 2 is 2.00 bits per heavy atom. The maximum atomic E-state index is 10.5. The van der Waals surface area contributed by atoms with E-state index in [1.807, 2.05) is 0 Å². The Bertz CT molecular complexity index is 155. The van der Waals surface area contributed by atoms with Crippen molar-refractivity contribution in [1.82, 2.24) is 5.32 Å². The number of amides is 1. The lowest BCUT2D eigenvalue weighted by Gasteiger charge is -2.02. The molecule has 0 spiro atoms. The van der Waals surface area contributed by atoms with E-state index in [-0.39, 0.29) is 5.91 Å². The first-order chi connectivity index (χ1) is 5.66. The smallest absolute Gasteiger partial charge is 0.222 e. The number of unbranched alkanes of at least 4 members (excludes halogenated alkanes) is 3. The molecule has 0 saturated carbocycles. The quantitative estimate of drug-likeness (QED) is 0.370. The van der Waals surface area contributed by atoms with Gasteiger partial charge in [0.1, 0.15) is 0 Å². The van der Waals surface area contributed by atoms with E-state index >= 15 is 0 Å². The van der Waals surface area contributed by atoms with E-state index in [1.54, 1.807) is 0 Å². The fourth-order valence-electron chi connectivity index (χ4n) is 1.00. The predicted octanol–water partition coefficient (Wildman–Crippen LogP) is 2.07. The second kappa shape index (κ2) is 6.83.